The summed E-state index contributed by atoms with van der Waals surface area (Å²) in [6.07, 6.45) is 2.59. The van der Waals surface area contributed by atoms with Crippen molar-refractivity contribution < 1.29 is 19.1 Å². The van der Waals surface area contributed by atoms with Crippen molar-refractivity contribution in [3.8, 4) is 17.4 Å². The van der Waals surface area contributed by atoms with E-state index in [4.69, 9.17) is 9.47 Å². The van der Waals surface area contributed by atoms with Gasteiger partial charge in [0.25, 0.3) is 5.91 Å². The number of amides is 2. The maximum atomic E-state index is 12.5. The first-order valence-corrected chi connectivity index (χ1v) is 10.8. The number of hydrogen-bond donors (Lipinski definition) is 2. The van der Waals surface area contributed by atoms with Gasteiger partial charge in [-0.2, -0.15) is 0 Å². The highest BCUT2D eigenvalue weighted by Gasteiger charge is 2.12. The van der Waals surface area contributed by atoms with Crippen molar-refractivity contribution in [3.63, 3.8) is 0 Å². The van der Waals surface area contributed by atoms with Crippen LogP contribution >= 0.6 is 11.3 Å². The summed E-state index contributed by atoms with van der Waals surface area (Å²) in [7, 11) is 0. The highest BCUT2D eigenvalue weighted by molar-refractivity contribution is 7.14. The third-order valence-corrected chi connectivity index (χ3v) is 5.28. The molecule has 0 spiro atoms. The predicted molar refractivity (Wildman–Crippen MR) is 120 cm³/mol. The molecule has 0 saturated heterocycles. The second-order valence-corrected chi connectivity index (χ2v) is 7.92. The summed E-state index contributed by atoms with van der Waals surface area (Å²) in [4.78, 5) is 29.3. The summed E-state index contributed by atoms with van der Waals surface area (Å²) < 4.78 is 11.5. The first-order chi connectivity index (χ1) is 15.0. The lowest BCUT2D eigenvalue weighted by Crippen LogP contribution is -2.22. The number of benzene rings is 1. The summed E-state index contributed by atoms with van der Waals surface area (Å²) in [5.41, 5.74) is 0.761. The van der Waals surface area contributed by atoms with E-state index in [0.717, 1.165) is 22.6 Å². The molecular formula is C23H25N3O4S. The van der Waals surface area contributed by atoms with Crippen LogP contribution in [-0.2, 0) is 17.9 Å². The van der Waals surface area contributed by atoms with Gasteiger partial charge >= 0.3 is 0 Å². The molecule has 7 nitrogen and oxygen atoms in total. The van der Waals surface area contributed by atoms with E-state index in [1.165, 1.54) is 18.3 Å². The van der Waals surface area contributed by atoms with Gasteiger partial charge < -0.3 is 20.1 Å². The molecule has 3 rings (SSSR count). The van der Waals surface area contributed by atoms with Crippen molar-refractivity contribution >= 4 is 23.2 Å². The van der Waals surface area contributed by atoms with E-state index in [0.29, 0.717) is 29.7 Å². The molecule has 8 heteroatoms. The standard InChI is InChI=1S/C23H25N3O4S/c1-3-13-29-18-6-8-19(9-7-18)30-23-17(5-4-12-24-23)14-26-22(28)21-11-10-20(31-21)15-25-16(2)27/h4-12H,3,13-15H2,1-2H3,(H,25,27)(H,26,28). The maximum absolute atomic E-state index is 12.5. The van der Waals surface area contributed by atoms with Crippen LogP contribution in [0, 0.1) is 0 Å². The van der Waals surface area contributed by atoms with Crippen LogP contribution in [-0.4, -0.2) is 23.4 Å². The molecule has 0 saturated carbocycles. The summed E-state index contributed by atoms with van der Waals surface area (Å²) in [5, 5.41) is 5.62. The molecule has 0 radical (unpaired) electrons. The van der Waals surface area contributed by atoms with Gasteiger partial charge in [-0.3, -0.25) is 9.59 Å². The largest absolute Gasteiger partial charge is 0.494 e. The molecular weight excluding hydrogens is 414 g/mol. The Kier molecular flexibility index (Phi) is 8.00. The van der Waals surface area contributed by atoms with E-state index in [-0.39, 0.29) is 18.4 Å². The molecule has 3 aromatic rings. The van der Waals surface area contributed by atoms with E-state index < -0.39 is 0 Å². The lowest BCUT2D eigenvalue weighted by atomic mass is 10.2. The van der Waals surface area contributed by atoms with Crippen LogP contribution in [0.2, 0.25) is 0 Å². The molecule has 2 N–H and O–H groups in total. The topological polar surface area (TPSA) is 89.6 Å². The Morgan fingerprint density at radius 3 is 2.52 bits per heavy atom. The number of nitrogens with one attached hydrogen (secondary N) is 2. The number of aromatic nitrogens is 1. The molecule has 0 unspecified atom stereocenters. The summed E-state index contributed by atoms with van der Waals surface area (Å²) in [6.45, 7) is 4.88. The van der Waals surface area contributed by atoms with Crippen molar-refractivity contribution in [2.45, 2.75) is 33.4 Å². The molecule has 0 atom stereocenters. The van der Waals surface area contributed by atoms with Crippen LogP contribution in [0.4, 0.5) is 0 Å². The molecule has 0 aliphatic heterocycles. The van der Waals surface area contributed by atoms with Gasteiger partial charge in [0, 0.05) is 30.1 Å². The fourth-order valence-corrected chi connectivity index (χ4v) is 3.52. The fraction of sp³-hybridized carbons (Fsp3) is 0.261. The molecule has 0 fully saturated rings. The minimum atomic E-state index is -0.189. The van der Waals surface area contributed by atoms with Gasteiger partial charge in [-0.15, -0.1) is 11.3 Å². The molecule has 2 heterocycles. The van der Waals surface area contributed by atoms with Crippen LogP contribution in [0.25, 0.3) is 0 Å². The Hall–Kier alpha value is -3.39. The van der Waals surface area contributed by atoms with Crippen LogP contribution in [0.3, 0.4) is 0 Å². The number of pyridine rings is 1. The second-order valence-electron chi connectivity index (χ2n) is 6.75. The summed E-state index contributed by atoms with van der Waals surface area (Å²) >= 11 is 1.35. The second kappa shape index (κ2) is 11.1. The number of hydrogen-bond acceptors (Lipinski definition) is 6. The van der Waals surface area contributed by atoms with E-state index in [2.05, 4.69) is 22.5 Å². The quantitative estimate of drug-likeness (QED) is 0.492. The van der Waals surface area contributed by atoms with Crippen molar-refractivity contribution in [2.24, 2.45) is 0 Å². The van der Waals surface area contributed by atoms with Gasteiger partial charge in [0.15, 0.2) is 0 Å². The zero-order valence-electron chi connectivity index (χ0n) is 17.5. The van der Waals surface area contributed by atoms with Crippen LogP contribution in [0.1, 0.15) is 40.4 Å². The van der Waals surface area contributed by atoms with E-state index >= 15 is 0 Å². The third-order valence-electron chi connectivity index (χ3n) is 4.20. The lowest BCUT2D eigenvalue weighted by Gasteiger charge is -2.11. The highest BCUT2D eigenvalue weighted by atomic mass is 32.1. The van der Waals surface area contributed by atoms with Gasteiger partial charge in [-0.1, -0.05) is 13.0 Å². The van der Waals surface area contributed by atoms with Crippen molar-refractivity contribution in [3.05, 3.63) is 70.0 Å². The number of carbonyl (C=O) groups excluding carboxylic acids is 2. The Morgan fingerprint density at radius 2 is 1.77 bits per heavy atom. The number of ether oxygens (including phenoxy) is 2. The maximum Gasteiger partial charge on any atom is 0.261 e. The predicted octanol–water partition coefficient (Wildman–Crippen LogP) is 4.29. The van der Waals surface area contributed by atoms with Crippen molar-refractivity contribution in [2.75, 3.05) is 6.61 Å². The molecule has 1 aromatic carbocycles. The van der Waals surface area contributed by atoms with Crippen LogP contribution < -0.4 is 20.1 Å². The van der Waals surface area contributed by atoms with Gasteiger partial charge in [0.1, 0.15) is 11.5 Å². The first-order valence-electron chi connectivity index (χ1n) is 10.0. The highest BCUT2D eigenvalue weighted by Crippen LogP contribution is 2.25. The zero-order chi connectivity index (χ0) is 22.1. The van der Waals surface area contributed by atoms with E-state index in [1.54, 1.807) is 18.3 Å². The van der Waals surface area contributed by atoms with Crippen LogP contribution in [0.5, 0.6) is 17.4 Å². The monoisotopic (exact) mass is 439 g/mol. The molecule has 162 valence electrons. The molecule has 2 amide bonds. The number of nitrogens with zero attached hydrogens (tertiary/aromatic N) is 1. The van der Waals surface area contributed by atoms with Crippen molar-refractivity contribution in [1.82, 2.24) is 15.6 Å². The molecule has 0 bridgehead atoms. The minimum Gasteiger partial charge on any atom is -0.494 e. The third kappa shape index (κ3) is 6.82. The van der Waals surface area contributed by atoms with E-state index in [1.807, 2.05) is 36.4 Å². The summed E-state index contributed by atoms with van der Waals surface area (Å²) in [5.74, 6) is 1.56. The Balaban J connectivity index is 1.59. The Morgan fingerprint density at radius 1 is 1.00 bits per heavy atom. The smallest absolute Gasteiger partial charge is 0.261 e. The molecule has 31 heavy (non-hydrogen) atoms. The van der Waals surface area contributed by atoms with Gasteiger partial charge in [-0.25, -0.2) is 4.98 Å². The minimum absolute atomic E-state index is 0.105. The first kappa shape index (κ1) is 22.3. The van der Waals surface area contributed by atoms with Gasteiger partial charge in [-0.05, 0) is 48.9 Å². The van der Waals surface area contributed by atoms with Gasteiger partial charge in [0.2, 0.25) is 11.8 Å². The average Bonchev–Trinajstić information content (AvgIpc) is 3.26. The Labute approximate surface area is 185 Å². The van der Waals surface area contributed by atoms with Gasteiger partial charge in [0.05, 0.1) is 18.0 Å². The normalized spacial score (nSPS) is 10.4. The Bertz CT molecular complexity index is 1020. The number of thiophene rings is 1. The zero-order valence-corrected chi connectivity index (χ0v) is 18.3. The number of rotatable bonds is 10. The SMILES string of the molecule is CCCOc1ccc(Oc2ncccc2CNC(=O)c2ccc(CNC(C)=O)s2)cc1. The lowest BCUT2D eigenvalue weighted by molar-refractivity contribution is -0.119. The summed E-state index contributed by atoms with van der Waals surface area (Å²) in [6, 6.07) is 14.6. The molecule has 0 aliphatic carbocycles. The molecule has 0 aliphatic rings. The van der Waals surface area contributed by atoms with Crippen LogP contribution in [0.15, 0.2) is 54.7 Å². The number of carbonyl (C=O) groups is 2. The average molecular weight is 440 g/mol. The van der Waals surface area contributed by atoms with Crippen molar-refractivity contribution in [1.29, 1.82) is 0 Å². The fourth-order valence-electron chi connectivity index (χ4n) is 2.66. The van der Waals surface area contributed by atoms with E-state index in [9.17, 15) is 9.59 Å². The molecule has 2 aromatic heterocycles.